The maximum Gasteiger partial charge on any atom is 0.326 e. The van der Waals surface area contributed by atoms with Crippen molar-refractivity contribution in [3.63, 3.8) is 0 Å². The summed E-state index contributed by atoms with van der Waals surface area (Å²) in [6, 6.07) is -3.72. The van der Waals surface area contributed by atoms with Crippen LogP contribution >= 0.6 is 0 Å². The van der Waals surface area contributed by atoms with E-state index < -0.39 is 72.5 Å². The van der Waals surface area contributed by atoms with Crippen molar-refractivity contribution >= 4 is 35.5 Å². The van der Waals surface area contributed by atoms with E-state index >= 15 is 0 Å². The number of hydrogen-bond donors (Lipinski definition) is 7. The Hall–Kier alpha value is -3.22. The molecule has 0 radical (unpaired) electrons. The molecule has 10 N–H and O–H groups in total. The van der Waals surface area contributed by atoms with Crippen LogP contribution in [-0.2, 0) is 28.8 Å². The van der Waals surface area contributed by atoms with Gasteiger partial charge in [0.15, 0.2) is 0 Å². The van der Waals surface area contributed by atoms with E-state index in [-0.39, 0.29) is 12.8 Å². The van der Waals surface area contributed by atoms with E-state index in [0.29, 0.717) is 6.42 Å². The second-order valence-corrected chi connectivity index (χ2v) is 6.83. The number of carboxylic acids is 1. The maximum absolute atomic E-state index is 12.4. The predicted octanol–water partition coefficient (Wildman–Crippen LogP) is -3.33. The summed E-state index contributed by atoms with van der Waals surface area (Å²) in [4.78, 5) is 69.5. The number of primary amides is 2. The van der Waals surface area contributed by atoms with Crippen molar-refractivity contribution < 1.29 is 33.9 Å². The summed E-state index contributed by atoms with van der Waals surface area (Å²) in [6.45, 7) is 2.80. The first-order valence-corrected chi connectivity index (χ1v) is 9.31. The van der Waals surface area contributed by atoms with Crippen molar-refractivity contribution in [3.05, 3.63) is 0 Å². The summed E-state index contributed by atoms with van der Waals surface area (Å²) in [6.07, 6.45) is -0.229. The minimum Gasteiger partial charge on any atom is -0.480 e. The van der Waals surface area contributed by atoms with Gasteiger partial charge in [-0.3, -0.25) is 24.0 Å². The fraction of sp³-hybridized carbons (Fsp3) is 0.647. The van der Waals surface area contributed by atoms with Crippen LogP contribution in [0, 0.1) is 5.92 Å². The highest BCUT2D eigenvalue weighted by Crippen LogP contribution is 2.08. The number of nitrogens with one attached hydrogen (secondary N) is 3. The standard InChI is InChI=1S/C17H30N6O7/c1-3-8(2)14(17(29)30)23-16(28)10(6-12(20)25)22-13(26)7-21-15(27)9(18)4-5-11(19)24/h8-10,14H,3-7,18H2,1-2H3,(H2,19,24)(H2,20,25)(H,21,27)(H,22,26)(H,23,28)(H,29,30). The minimum atomic E-state index is -1.43. The quantitative estimate of drug-likeness (QED) is 0.147. The van der Waals surface area contributed by atoms with Gasteiger partial charge in [-0.2, -0.15) is 0 Å². The van der Waals surface area contributed by atoms with Gasteiger partial charge in [0, 0.05) is 6.42 Å². The van der Waals surface area contributed by atoms with Crippen LogP contribution in [0.3, 0.4) is 0 Å². The maximum atomic E-state index is 12.4. The molecule has 0 aromatic rings. The van der Waals surface area contributed by atoms with Crippen LogP contribution in [0.2, 0.25) is 0 Å². The van der Waals surface area contributed by atoms with Gasteiger partial charge in [0.1, 0.15) is 12.1 Å². The molecule has 0 saturated carbocycles. The Kier molecular flexibility index (Phi) is 11.7. The summed E-state index contributed by atoms with van der Waals surface area (Å²) < 4.78 is 0. The number of carbonyl (C=O) groups is 6. The molecule has 0 fully saturated rings. The number of hydrogen-bond acceptors (Lipinski definition) is 7. The van der Waals surface area contributed by atoms with Gasteiger partial charge in [-0.25, -0.2) is 4.79 Å². The Balaban J connectivity index is 4.91. The van der Waals surface area contributed by atoms with Crippen molar-refractivity contribution in [1.29, 1.82) is 0 Å². The first kappa shape index (κ1) is 26.8. The van der Waals surface area contributed by atoms with Crippen LogP contribution in [0.1, 0.15) is 39.5 Å². The van der Waals surface area contributed by atoms with Gasteiger partial charge in [-0.15, -0.1) is 0 Å². The highest BCUT2D eigenvalue weighted by Gasteiger charge is 2.30. The Bertz CT molecular complexity index is 669. The largest absolute Gasteiger partial charge is 0.480 e. The summed E-state index contributed by atoms with van der Waals surface area (Å²) >= 11 is 0. The lowest BCUT2D eigenvalue weighted by atomic mass is 9.98. The van der Waals surface area contributed by atoms with Gasteiger partial charge < -0.3 is 38.3 Å². The van der Waals surface area contributed by atoms with Gasteiger partial charge in [-0.05, 0) is 12.3 Å². The molecule has 4 unspecified atom stereocenters. The Morgan fingerprint density at radius 2 is 1.57 bits per heavy atom. The molecule has 0 aliphatic heterocycles. The molecule has 4 atom stereocenters. The molecule has 0 aliphatic carbocycles. The van der Waals surface area contributed by atoms with Crippen LogP contribution in [0.15, 0.2) is 0 Å². The van der Waals surface area contributed by atoms with E-state index in [0.717, 1.165) is 0 Å². The fourth-order valence-electron chi connectivity index (χ4n) is 2.32. The van der Waals surface area contributed by atoms with Crippen molar-refractivity contribution in [3.8, 4) is 0 Å². The summed E-state index contributed by atoms with van der Waals surface area (Å²) in [7, 11) is 0. The van der Waals surface area contributed by atoms with Crippen molar-refractivity contribution in [1.82, 2.24) is 16.0 Å². The lowest BCUT2D eigenvalue weighted by Gasteiger charge is -2.24. The number of aliphatic carboxylic acids is 1. The molecule has 0 aromatic heterocycles. The van der Waals surface area contributed by atoms with Gasteiger partial charge in [-0.1, -0.05) is 20.3 Å². The molecule has 0 heterocycles. The SMILES string of the molecule is CCC(C)C(NC(=O)C(CC(N)=O)NC(=O)CNC(=O)C(N)CCC(N)=O)C(=O)O. The molecule has 0 rings (SSSR count). The first-order chi connectivity index (χ1) is 13.9. The van der Waals surface area contributed by atoms with Gasteiger partial charge in [0.2, 0.25) is 29.5 Å². The Morgan fingerprint density at radius 1 is 0.967 bits per heavy atom. The van der Waals surface area contributed by atoms with E-state index in [1.807, 2.05) is 0 Å². The number of amides is 5. The third kappa shape index (κ3) is 10.4. The van der Waals surface area contributed by atoms with Crippen LogP contribution in [0.5, 0.6) is 0 Å². The smallest absolute Gasteiger partial charge is 0.326 e. The lowest BCUT2D eigenvalue weighted by molar-refractivity contribution is -0.144. The lowest BCUT2D eigenvalue weighted by Crippen LogP contribution is -2.55. The van der Waals surface area contributed by atoms with Crippen molar-refractivity contribution in [2.24, 2.45) is 23.1 Å². The molecule has 0 aliphatic rings. The van der Waals surface area contributed by atoms with Gasteiger partial charge in [0.25, 0.3) is 0 Å². The highest BCUT2D eigenvalue weighted by atomic mass is 16.4. The zero-order valence-corrected chi connectivity index (χ0v) is 17.0. The third-order valence-corrected chi connectivity index (χ3v) is 4.30. The van der Waals surface area contributed by atoms with Crippen LogP contribution in [0.25, 0.3) is 0 Å². The average Bonchev–Trinajstić information content (AvgIpc) is 2.66. The predicted molar refractivity (Wildman–Crippen MR) is 104 cm³/mol. The first-order valence-electron chi connectivity index (χ1n) is 9.31. The molecule has 0 bridgehead atoms. The monoisotopic (exact) mass is 430 g/mol. The van der Waals surface area contributed by atoms with Gasteiger partial charge in [0.05, 0.1) is 19.0 Å². The van der Waals surface area contributed by atoms with E-state index in [9.17, 15) is 33.9 Å². The molecule has 0 spiro atoms. The topological polar surface area (TPSA) is 237 Å². The zero-order chi connectivity index (χ0) is 23.4. The van der Waals surface area contributed by atoms with E-state index in [2.05, 4.69) is 16.0 Å². The number of nitrogens with two attached hydrogens (primary N) is 3. The molecular weight excluding hydrogens is 400 g/mol. The Labute approximate surface area is 173 Å². The molecule has 30 heavy (non-hydrogen) atoms. The Morgan fingerprint density at radius 3 is 2.03 bits per heavy atom. The molecule has 0 saturated heterocycles. The van der Waals surface area contributed by atoms with Crippen molar-refractivity contribution in [2.45, 2.75) is 57.7 Å². The minimum absolute atomic E-state index is 0.0122. The summed E-state index contributed by atoms with van der Waals surface area (Å²) in [5, 5.41) is 16.0. The zero-order valence-electron chi connectivity index (χ0n) is 17.0. The summed E-state index contributed by atoms with van der Waals surface area (Å²) in [5.74, 6) is -5.65. The molecular formula is C17H30N6O7. The molecule has 13 nitrogen and oxygen atoms in total. The van der Waals surface area contributed by atoms with E-state index in [1.165, 1.54) is 0 Å². The third-order valence-electron chi connectivity index (χ3n) is 4.30. The number of rotatable bonds is 14. The highest BCUT2D eigenvalue weighted by molar-refractivity contribution is 5.95. The molecule has 5 amide bonds. The molecule has 13 heteroatoms. The summed E-state index contributed by atoms with van der Waals surface area (Å²) in [5.41, 5.74) is 15.6. The van der Waals surface area contributed by atoms with Crippen molar-refractivity contribution in [2.75, 3.05) is 6.54 Å². The van der Waals surface area contributed by atoms with Crippen LogP contribution in [-0.4, -0.2) is 65.3 Å². The molecule has 0 aromatic carbocycles. The fourth-order valence-corrected chi connectivity index (χ4v) is 2.32. The second kappa shape index (κ2) is 13.1. The second-order valence-electron chi connectivity index (χ2n) is 6.83. The van der Waals surface area contributed by atoms with E-state index in [1.54, 1.807) is 13.8 Å². The molecule has 170 valence electrons. The van der Waals surface area contributed by atoms with Crippen LogP contribution < -0.4 is 33.2 Å². The van der Waals surface area contributed by atoms with Crippen LogP contribution in [0.4, 0.5) is 0 Å². The van der Waals surface area contributed by atoms with E-state index in [4.69, 9.17) is 17.2 Å². The van der Waals surface area contributed by atoms with Gasteiger partial charge >= 0.3 is 5.97 Å². The normalized spacial score (nSPS) is 14.5. The number of carbonyl (C=O) groups excluding carboxylic acids is 5. The number of carboxylic acid groups (broad SMARTS) is 1. The average molecular weight is 430 g/mol.